The highest BCUT2D eigenvalue weighted by Crippen LogP contribution is 2.21. The highest BCUT2D eigenvalue weighted by molar-refractivity contribution is 7.89. The minimum absolute atomic E-state index is 0.0135. The number of amides is 1. The van der Waals surface area contributed by atoms with Crippen molar-refractivity contribution in [1.82, 2.24) is 9.88 Å². The highest BCUT2D eigenvalue weighted by atomic mass is 32.2. The number of aromatic nitrogens is 1. The Bertz CT molecular complexity index is 788. The summed E-state index contributed by atoms with van der Waals surface area (Å²) in [6.07, 6.45) is 2.33. The number of hydrogen-bond donors (Lipinski definition) is 1. The molecule has 1 saturated heterocycles. The van der Waals surface area contributed by atoms with Crippen LogP contribution in [0.4, 0.5) is 0 Å². The fourth-order valence-electron chi connectivity index (χ4n) is 2.39. The molecule has 0 bridgehead atoms. The van der Waals surface area contributed by atoms with Crippen molar-refractivity contribution in [1.29, 1.82) is 0 Å². The number of hydrogen-bond acceptors (Lipinski definition) is 6. The number of nitrogens with two attached hydrogens (primary N) is 1. The van der Waals surface area contributed by atoms with Gasteiger partial charge in [0.25, 0.3) is 11.1 Å². The molecule has 7 nitrogen and oxygen atoms in total. The van der Waals surface area contributed by atoms with E-state index >= 15 is 0 Å². The number of primary sulfonamides is 1. The second kappa shape index (κ2) is 6.26. The van der Waals surface area contributed by atoms with E-state index in [0.717, 1.165) is 6.42 Å². The average molecular weight is 353 g/mol. The third-order valence-corrected chi connectivity index (χ3v) is 5.13. The smallest absolute Gasteiger partial charge is 0.273 e. The molecule has 1 unspecified atom stereocenters. The Morgan fingerprint density at radius 1 is 1.35 bits per heavy atom. The molecule has 2 N–H and O–H groups in total. The summed E-state index contributed by atoms with van der Waals surface area (Å²) in [5.74, 6) is -0.156. The minimum atomic E-state index is -3.75. The Balaban J connectivity index is 1.65. The van der Waals surface area contributed by atoms with Crippen LogP contribution in [0.15, 0.2) is 40.7 Å². The monoisotopic (exact) mass is 353 g/mol. The fraction of sp³-hybridized carbons (Fsp3) is 0.286. The maximum atomic E-state index is 12.4. The number of ether oxygens (including phenoxy) is 1. The number of carbonyl (C=O) groups excluding carboxylic acids is 1. The molecule has 1 aromatic heterocycles. The van der Waals surface area contributed by atoms with Crippen molar-refractivity contribution in [2.75, 3.05) is 13.1 Å². The van der Waals surface area contributed by atoms with Gasteiger partial charge in [-0.05, 0) is 24.3 Å². The van der Waals surface area contributed by atoms with Crippen LogP contribution in [0.5, 0.6) is 5.19 Å². The molecule has 0 spiro atoms. The van der Waals surface area contributed by atoms with Gasteiger partial charge in [-0.3, -0.25) is 4.79 Å². The first-order valence-electron chi connectivity index (χ1n) is 6.92. The summed E-state index contributed by atoms with van der Waals surface area (Å²) in [5.41, 5.74) is 0.423. The summed E-state index contributed by atoms with van der Waals surface area (Å²) in [6.45, 7) is 1.07. The molecular weight excluding hydrogens is 338 g/mol. The first-order chi connectivity index (χ1) is 10.9. The number of rotatable bonds is 4. The van der Waals surface area contributed by atoms with Crippen molar-refractivity contribution in [2.24, 2.45) is 5.14 Å². The molecule has 23 heavy (non-hydrogen) atoms. The van der Waals surface area contributed by atoms with Crippen LogP contribution in [0.3, 0.4) is 0 Å². The van der Waals surface area contributed by atoms with E-state index in [1.54, 1.807) is 11.1 Å². The summed E-state index contributed by atoms with van der Waals surface area (Å²) in [4.78, 5) is 18.2. The largest absolute Gasteiger partial charge is 0.465 e. The second-order valence-electron chi connectivity index (χ2n) is 5.15. The summed E-state index contributed by atoms with van der Waals surface area (Å²) in [6, 6.07) is 5.61. The van der Waals surface area contributed by atoms with Crippen LogP contribution in [-0.2, 0) is 10.0 Å². The summed E-state index contributed by atoms with van der Waals surface area (Å²) in [7, 11) is -3.75. The van der Waals surface area contributed by atoms with Gasteiger partial charge in [0, 0.05) is 30.1 Å². The Hall–Kier alpha value is -1.97. The molecule has 0 saturated carbocycles. The van der Waals surface area contributed by atoms with Crippen molar-refractivity contribution in [3.05, 3.63) is 41.4 Å². The predicted octanol–water partition coefficient (Wildman–Crippen LogP) is 1.08. The maximum absolute atomic E-state index is 12.4. The predicted molar refractivity (Wildman–Crippen MR) is 84.9 cm³/mol. The number of sulfonamides is 1. The number of likely N-dealkylation sites (tertiary alicyclic amines) is 1. The Morgan fingerprint density at radius 3 is 2.70 bits per heavy atom. The van der Waals surface area contributed by atoms with Crippen molar-refractivity contribution in [3.63, 3.8) is 0 Å². The molecule has 122 valence electrons. The van der Waals surface area contributed by atoms with E-state index in [1.807, 2.05) is 5.38 Å². The average Bonchev–Trinajstić information content (AvgIpc) is 3.18. The van der Waals surface area contributed by atoms with Crippen LogP contribution in [0.1, 0.15) is 16.8 Å². The van der Waals surface area contributed by atoms with E-state index in [-0.39, 0.29) is 16.9 Å². The van der Waals surface area contributed by atoms with E-state index < -0.39 is 10.0 Å². The maximum Gasteiger partial charge on any atom is 0.273 e. The van der Waals surface area contributed by atoms with Gasteiger partial charge in [0.15, 0.2) is 0 Å². The van der Waals surface area contributed by atoms with Gasteiger partial charge in [0.2, 0.25) is 10.0 Å². The van der Waals surface area contributed by atoms with E-state index in [1.165, 1.54) is 35.6 Å². The van der Waals surface area contributed by atoms with Gasteiger partial charge in [0.1, 0.15) is 6.10 Å². The van der Waals surface area contributed by atoms with Gasteiger partial charge in [-0.1, -0.05) is 11.3 Å². The highest BCUT2D eigenvalue weighted by Gasteiger charge is 2.28. The SMILES string of the molecule is NS(=O)(=O)c1ccc(C(=O)N2CCC(Oc3nccs3)C2)cc1. The van der Waals surface area contributed by atoms with Crippen LogP contribution in [0, 0.1) is 0 Å². The van der Waals surface area contributed by atoms with Crippen molar-refractivity contribution in [2.45, 2.75) is 17.4 Å². The molecule has 0 aliphatic carbocycles. The number of benzene rings is 1. The van der Waals surface area contributed by atoms with Crippen LogP contribution in [-0.4, -0.2) is 43.4 Å². The van der Waals surface area contributed by atoms with E-state index in [9.17, 15) is 13.2 Å². The third kappa shape index (κ3) is 3.69. The van der Waals surface area contributed by atoms with E-state index in [2.05, 4.69) is 4.98 Å². The van der Waals surface area contributed by atoms with E-state index in [4.69, 9.17) is 9.88 Å². The van der Waals surface area contributed by atoms with Crippen molar-refractivity contribution in [3.8, 4) is 5.19 Å². The number of nitrogens with zero attached hydrogens (tertiary/aromatic N) is 2. The summed E-state index contributed by atoms with van der Waals surface area (Å²) >= 11 is 1.41. The van der Waals surface area contributed by atoms with Crippen molar-refractivity contribution >= 4 is 27.3 Å². The first kappa shape index (κ1) is 15.9. The second-order valence-corrected chi connectivity index (χ2v) is 7.57. The molecule has 2 heterocycles. The summed E-state index contributed by atoms with van der Waals surface area (Å²) in [5, 5.41) is 7.48. The molecule has 1 aliphatic rings. The first-order valence-corrected chi connectivity index (χ1v) is 9.34. The normalized spacial score (nSPS) is 18.1. The molecule has 1 amide bonds. The Morgan fingerprint density at radius 2 is 2.09 bits per heavy atom. The molecular formula is C14H15N3O4S2. The lowest BCUT2D eigenvalue weighted by atomic mass is 10.2. The lowest BCUT2D eigenvalue weighted by Crippen LogP contribution is -2.31. The van der Waals surface area contributed by atoms with Crippen LogP contribution in [0.2, 0.25) is 0 Å². The zero-order valence-corrected chi connectivity index (χ0v) is 13.7. The topological polar surface area (TPSA) is 103 Å². The number of carbonyl (C=O) groups is 1. The molecule has 1 fully saturated rings. The van der Waals surface area contributed by atoms with Gasteiger partial charge >= 0.3 is 0 Å². The zero-order valence-electron chi connectivity index (χ0n) is 12.1. The van der Waals surface area contributed by atoms with Gasteiger partial charge in [-0.25, -0.2) is 18.5 Å². The molecule has 9 heteroatoms. The fourth-order valence-corrected chi connectivity index (χ4v) is 3.46. The lowest BCUT2D eigenvalue weighted by molar-refractivity contribution is 0.0772. The molecule has 0 radical (unpaired) electrons. The quantitative estimate of drug-likeness (QED) is 0.886. The van der Waals surface area contributed by atoms with Crippen molar-refractivity contribution < 1.29 is 17.9 Å². The number of thiazole rings is 1. The lowest BCUT2D eigenvalue weighted by Gasteiger charge is -2.16. The Kier molecular flexibility index (Phi) is 4.33. The Labute approximate surface area is 137 Å². The van der Waals surface area contributed by atoms with Gasteiger partial charge in [-0.15, -0.1) is 0 Å². The van der Waals surface area contributed by atoms with E-state index in [0.29, 0.717) is 23.8 Å². The zero-order chi connectivity index (χ0) is 16.4. The molecule has 3 rings (SSSR count). The molecule has 1 aliphatic heterocycles. The molecule has 1 aromatic carbocycles. The minimum Gasteiger partial charge on any atom is -0.465 e. The van der Waals surface area contributed by atoms with Crippen LogP contribution >= 0.6 is 11.3 Å². The molecule has 1 atom stereocenters. The van der Waals surface area contributed by atoms with Crippen LogP contribution < -0.4 is 9.88 Å². The molecule has 2 aromatic rings. The third-order valence-electron chi connectivity index (χ3n) is 3.54. The summed E-state index contributed by atoms with van der Waals surface area (Å²) < 4.78 is 28.2. The standard InChI is InChI=1S/C14H15N3O4S2/c15-23(19,20)12-3-1-10(2-4-12)13(18)17-7-5-11(9-17)21-14-16-6-8-22-14/h1-4,6,8,11H,5,7,9H2,(H2,15,19,20). The van der Waals surface area contributed by atoms with Gasteiger partial charge in [0.05, 0.1) is 11.4 Å². The van der Waals surface area contributed by atoms with Crippen LogP contribution in [0.25, 0.3) is 0 Å². The van der Waals surface area contributed by atoms with Gasteiger partial charge in [-0.2, -0.15) is 0 Å². The van der Waals surface area contributed by atoms with Gasteiger partial charge < -0.3 is 9.64 Å².